The van der Waals surface area contributed by atoms with Crippen molar-refractivity contribution in [2.75, 3.05) is 30.4 Å². The molecule has 1 unspecified atom stereocenters. The summed E-state index contributed by atoms with van der Waals surface area (Å²) in [5.74, 6) is -0.618. The van der Waals surface area contributed by atoms with Crippen LogP contribution < -0.4 is 5.32 Å². The summed E-state index contributed by atoms with van der Waals surface area (Å²) in [6.45, 7) is 0.964. The van der Waals surface area contributed by atoms with E-state index < -0.39 is 39.9 Å². The smallest absolute Gasteiger partial charge is 0.328 e. The summed E-state index contributed by atoms with van der Waals surface area (Å²) >= 11 is 1.43. The normalized spacial score (nSPS) is 21.3. The summed E-state index contributed by atoms with van der Waals surface area (Å²) in [7, 11) is -3.44. The molecule has 0 bridgehead atoms. The summed E-state index contributed by atoms with van der Waals surface area (Å²) in [5.41, 5.74) is 0. The molecule has 1 aliphatic heterocycles. The molecule has 0 aromatic carbocycles. The maximum absolute atomic E-state index is 12.0. The Morgan fingerprint density at radius 2 is 2.15 bits per heavy atom. The first kappa shape index (κ1) is 17.1. The van der Waals surface area contributed by atoms with E-state index in [2.05, 4.69) is 5.32 Å². The van der Waals surface area contributed by atoms with Crippen LogP contribution in [0.1, 0.15) is 6.92 Å². The van der Waals surface area contributed by atoms with Crippen LogP contribution in [0.25, 0.3) is 0 Å². The van der Waals surface area contributed by atoms with Crippen molar-refractivity contribution in [3.05, 3.63) is 0 Å². The van der Waals surface area contributed by atoms with Gasteiger partial charge in [-0.3, -0.25) is 0 Å². The molecule has 1 fully saturated rings. The number of nitrogens with zero attached hydrogens (tertiary/aromatic N) is 1. The summed E-state index contributed by atoms with van der Waals surface area (Å²) in [6, 6.07) is -2.23. The van der Waals surface area contributed by atoms with Gasteiger partial charge in [0.15, 0.2) is 15.9 Å². The third-order valence-electron chi connectivity index (χ3n) is 2.94. The topological polar surface area (TPSA) is 124 Å². The van der Waals surface area contributed by atoms with Gasteiger partial charge in [-0.2, -0.15) is 11.8 Å². The third kappa shape index (κ3) is 4.00. The lowest BCUT2D eigenvalue weighted by molar-refractivity contribution is -0.140. The van der Waals surface area contributed by atoms with Crippen LogP contribution in [-0.4, -0.2) is 77.4 Å². The number of amides is 2. The van der Waals surface area contributed by atoms with Gasteiger partial charge >= 0.3 is 12.0 Å². The Kier molecular flexibility index (Phi) is 6.08. The Hall–Kier alpha value is -1.00. The van der Waals surface area contributed by atoms with E-state index >= 15 is 0 Å². The number of aliphatic carboxylic acids is 1. The molecular formula is C10H18N2O6S2. The highest BCUT2D eigenvalue weighted by molar-refractivity contribution is 8.01. The van der Waals surface area contributed by atoms with Crippen LogP contribution in [0.2, 0.25) is 0 Å². The van der Waals surface area contributed by atoms with E-state index in [1.165, 1.54) is 18.7 Å². The molecule has 116 valence electrons. The number of hydrogen-bond donors (Lipinski definition) is 3. The van der Waals surface area contributed by atoms with E-state index in [1.807, 2.05) is 0 Å². The van der Waals surface area contributed by atoms with Crippen molar-refractivity contribution < 1.29 is 28.2 Å². The van der Waals surface area contributed by atoms with Gasteiger partial charge in [-0.15, -0.1) is 0 Å². The Bertz CT molecular complexity index is 466. The fourth-order valence-electron chi connectivity index (χ4n) is 1.72. The van der Waals surface area contributed by atoms with Gasteiger partial charge in [-0.25, -0.2) is 18.0 Å². The number of urea groups is 1. The van der Waals surface area contributed by atoms with Crippen molar-refractivity contribution in [2.45, 2.75) is 18.3 Å². The van der Waals surface area contributed by atoms with Crippen LogP contribution in [0.5, 0.6) is 0 Å². The highest BCUT2D eigenvalue weighted by Gasteiger charge is 2.36. The van der Waals surface area contributed by atoms with Gasteiger partial charge in [-0.1, -0.05) is 6.92 Å². The fraction of sp³-hybridized carbons (Fsp3) is 0.800. The molecule has 0 aromatic heterocycles. The number of carboxylic acids is 1. The van der Waals surface area contributed by atoms with Gasteiger partial charge in [0.05, 0.1) is 6.61 Å². The number of carbonyl (C=O) groups excluding carboxylic acids is 1. The Morgan fingerprint density at radius 3 is 2.65 bits per heavy atom. The van der Waals surface area contributed by atoms with Crippen molar-refractivity contribution in [2.24, 2.45) is 0 Å². The van der Waals surface area contributed by atoms with Crippen molar-refractivity contribution in [3.63, 3.8) is 0 Å². The molecule has 10 heteroatoms. The van der Waals surface area contributed by atoms with E-state index in [9.17, 15) is 18.0 Å². The number of nitrogens with one attached hydrogen (secondary N) is 1. The average Bonchev–Trinajstić information content (AvgIpc) is 2.44. The first-order chi connectivity index (χ1) is 9.33. The number of aliphatic hydroxyl groups is 1. The van der Waals surface area contributed by atoms with Gasteiger partial charge in [0.2, 0.25) is 0 Å². The van der Waals surface area contributed by atoms with Crippen LogP contribution in [0.3, 0.4) is 0 Å². The minimum Gasteiger partial charge on any atom is -0.480 e. The summed E-state index contributed by atoms with van der Waals surface area (Å²) in [5, 5.41) is 18.8. The number of carboxylic acid groups (broad SMARTS) is 1. The standard InChI is InChI=1S/C10H18N2O6S2/c1-2-20(17,18)8-6-19-4-3-12(8)10(16)11-7(5-13)9(14)15/h7-8,13H,2-6H2,1H3,(H,11,16)(H,14,15)/t7-,8?/m1/s1. The number of sulfone groups is 1. The molecule has 1 rings (SSSR count). The Balaban J connectivity index is 2.85. The van der Waals surface area contributed by atoms with Crippen molar-refractivity contribution in [1.82, 2.24) is 10.2 Å². The minimum atomic E-state index is -3.44. The maximum atomic E-state index is 12.0. The number of hydrogen-bond acceptors (Lipinski definition) is 6. The summed E-state index contributed by atoms with van der Waals surface area (Å²) < 4.78 is 23.9. The Morgan fingerprint density at radius 1 is 1.50 bits per heavy atom. The number of rotatable bonds is 5. The first-order valence-electron chi connectivity index (χ1n) is 6.03. The molecule has 3 N–H and O–H groups in total. The van der Waals surface area contributed by atoms with E-state index in [-0.39, 0.29) is 18.1 Å². The van der Waals surface area contributed by atoms with Gasteiger partial charge < -0.3 is 20.4 Å². The zero-order valence-electron chi connectivity index (χ0n) is 11.0. The van der Waals surface area contributed by atoms with Crippen LogP contribution in [0.4, 0.5) is 4.79 Å². The predicted molar refractivity (Wildman–Crippen MR) is 74.3 cm³/mol. The number of carbonyl (C=O) groups is 2. The monoisotopic (exact) mass is 326 g/mol. The summed E-state index contributed by atoms with van der Waals surface area (Å²) in [4.78, 5) is 23.9. The van der Waals surface area contributed by atoms with Crippen molar-refractivity contribution in [3.8, 4) is 0 Å². The fourth-order valence-corrected chi connectivity index (χ4v) is 4.69. The lowest BCUT2D eigenvalue weighted by atomic mass is 10.3. The molecular weight excluding hydrogens is 308 g/mol. The molecule has 2 atom stereocenters. The predicted octanol–water partition coefficient (Wildman–Crippen LogP) is -1.05. The van der Waals surface area contributed by atoms with Gasteiger partial charge in [0.1, 0.15) is 5.37 Å². The molecule has 20 heavy (non-hydrogen) atoms. The molecule has 1 heterocycles. The van der Waals surface area contributed by atoms with Gasteiger partial charge in [-0.05, 0) is 0 Å². The quantitative estimate of drug-likeness (QED) is 0.589. The molecule has 8 nitrogen and oxygen atoms in total. The molecule has 0 aliphatic carbocycles. The maximum Gasteiger partial charge on any atom is 0.328 e. The molecule has 1 aliphatic rings. The Labute approximate surface area is 121 Å². The second-order valence-electron chi connectivity index (χ2n) is 4.20. The van der Waals surface area contributed by atoms with Crippen LogP contribution in [0.15, 0.2) is 0 Å². The minimum absolute atomic E-state index is 0.0929. The van der Waals surface area contributed by atoms with E-state index in [0.29, 0.717) is 5.75 Å². The highest BCUT2D eigenvalue weighted by Crippen LogP contribution is 2.21. The van der Waals surface area contributed by atoms with E-state index in [4.69, 9.17) is 10.2 Å². The SMILES string of the molecule is CCS(=O)(=O)C1CSCCN1C(=O)N[C@H](CO)C(=O)O. The molecule has 0 radical (unpaired) electrons. The van der Waals surface area contributed by atoms with Crippen LogP contribution in [-0.2, 0) is 14.6 Å². The second kappa shape index (κ2) is 7.14. The molecule has 0 saturated carbocycles. The third-order valence-corrected chi connectivity index (χ3v) is 6.23. The van der Waals surface area contributed by atoms with Crippen LogP contribution in [0, 0.1) is 0 Å². The molecule has 1 saturated heterocycles. The van der Waals surface area contributed by atoms with Crippen molar-refractivity contribution >= 4 is 33.6 Å². The van der Waals surface area contributed by atoms with Crippen LogP contribution >= 0.6 is 11.8 Å². The highest BCUT2D eigenvalue weighted by atomic mass is 32.2. The van der Waals surface area contributed by atoms with Gasteiger partial charge in [0, 0.05) is 23.8 Å². The first-order valence-corrected chi connectivity index (χ1v) is 8.90. The summed E-state index contributed by atoms with van der Waals surface area (Å²) in [6.07, 6.45) is 0. The zero-order valence-corrected chi connectivity index (χ0v) is 12.6. The lowest BCUT2D eigenvalue weighted by Crippen LogP contribution is -2.57. The zero-order chi connectivity index (χ0) is 15.3. The molecule has 0 spiro atoms. The largest absolute Gasteiger partial charge is 0.480 e. The van der Waals surface area contributed by atoms with E-state index in [0.717, 1.165) is 4.90 Å². The molecule has 2 amide bonds. The number of aliphatic hydroxyl groups excluding tert-OH is 1. The van der Waals surface area contributed by atoms with E-state index in [1.54, 1.807) is 0 Å². The van der Waals surface area contributed by atoms with Crippen molar-refractivity contribution in [1.29, 1.82) is 0 Å². The van der Waals surface area contributed by atoms with Gasteiger partial charge in [0.25, 0.3) is 0 Å². The second-order valence-corrected chi connectivity index (χ2v) is 7.79. The molecule has 0 aromatic rings. The average molecular weight is 326 g/mol. The lowest BCUT2D eigenvalue weighted by Gasteiger charge is -2.35. The number of thioether (sulfide) groups is 1.